The standard InChI is InChI=1S/C14H22N2O4S/c1-5-19-13(18)11-8-15-14(16-11)21-10(4)12(17)20-7-6-9(2)3/h8-10H,5-7H2,1-4H3,(H,15,16). The van der Waals surface area contributed by atoms with E-state index in [0.717, 1.165) is 6.42 Å². The molecule has 1 aromatic rings. The Morgan fingerprint density at radius 3 is 2.67 bits per heavy atom. The summed E-state index contributed by atoms with van der Waals surface area (Å²) in [7, 11) is 0. The van der Waals surface area contributed by atoms with Crippen molar-refractivity contribution in [2.45, 2.75) is 44.5 Å². The number of hydrogen-bond acceptors (Lipinski definition) is 6. The molecule has 118 valence electrons. The van der Waals surface area contributed by atoms with E-state index in [1.807, 2.05) is 0 Å². The third-order valence-corrected chi connectivity index (χ3v) is 3.58. The molecule has 1 atom stereocenters. The second kappa shape index (κ2) is 8.71. The van der Waals surface area contributed by atoms with Crippen molar-refractivity contribution in [3.63, 3.8) is 0 Å². The molecule has 1 aromatic heterocycles. The van der Waals surface area contributed by atoms with E-state index >= 15 is 0 Å². The average molecular weight is 314 g/mol. The van der Waals surface area contributed by atoms with Crippen LogP contribution in [0.4, 0.5) is 0 Å². The van der Waals surface area contributed by atoms with E-state index in [1.165, 1.54) is 18.0 Å². The smallest absolute Gasteiger partial charge is 0.356 e. The highest BCUT2D eigenvalue weighted by molar-refractivity contribution is 8.00. The van der Waals surface area contributed by atoms with Crippen LogP contribution in [-0.2, 0) is 14.3 Å². The number of nitrogens with zero attached hydrogens (tertiary/aromatic N) is 1. The van der Waals surface area contributed by atoms with Gasteiger partial charge >= 0.3 is 11.9 Å². The number of thioether (sulfide) groups is 1. The molecule has 1 rings (SSSR count). The van der Waals surface area contributed by atoms with Crippen LogP contribution < -0.4 is 0 Å². The van der Waals surface area contributed by atoms with Gasteiger partial charge < -0.3 is 14.5 Å². The number of ether oxygens (including phenoxy) is 2. The Labute approximate surface area is 129 Å². The number of carbonyl (C=O) groups is 2. The van der Waals surface area contributed by atoms with Crippen molar-refractivity contribution in [2.24, 2.45) is 5.92 Å². The van der Waals surface area contributed by atoms with Crippen molar-refractivity contribution in [1.82, 2.24) is 9.97 Å². The SMILES string of the molecule is CCOC(=O)c1cnc(SC(C)C(=O)OCCC(C)C)[nH]1. The monoisotopic (exact) mass is 314 g/mol. The number of carbonyl (C=O) groups excluding carboxylic acids is 2. The molecule has 0 amide bonds. The third kappa shape index (κ3) is 6.20. The lowest BCUT2D eigenvalue weighted by molar-refractivity contribution is -0.142. The second-order valence-electron chi connectivity index (χ2n) is 4.93. The Bertz CT molecular complexity index is 473. The molecular weight excluding hydrogens is 292 g/mol. The molecule has 0 fully saturated rings. The number of aromatic amines is 1. The Kier molecular flexibility index (Phi) is 7.28. The number of rotatable bonds is 8. The minimum Gasteiger partial charge on any atom is -0.465 e. The van der Waals surface area contributed by atoms with Crippen LogP contribution in [0.5, 0.6) is 0 Å². The molecule has 0 aliphatic heterocycles. The molecule has 0 saturated carbocycles. The highest BCUT2D eigenvalue weighted by atomic mass is 32.2. The Morgan fingerprint density at radius 1 is 1.33 bits per heavy atom. The Hall–Kier alpha value is -1.50. The second-order valence-corrected chi connectivity index (χ2v) is 6.26. The molecule has 1 unspecified atom stereocenters. The molecule has 1 heterocycles. The zero-order valence-electron chi connectivity index (χ0n) is 12.8. The van der Waals surface area contributed by atoms with Crippen molar-refractivity contribution in [1.29, 1.82) is 0 Å². The summed E-state index contributed by atoms with van der Waals surface area (Å²) < 4.78 is 10.0. The van der Waals surface area contributed by atoms with E-state index in [-0.39, 0.29) is 11.7 Å². The fourth-order valence-corrected chi connectivity index (χ4v) is 2.19. The minimum atomic E-state index is -0.455. The molecule has 7 heteroatoms. The maximum absolute atomic E-state index is 11.8. The lowest BCUT2D eigenvalue weighted by Crippen LogP contribution is -2.18. The van der Waals surface area contributed by atoms with Crippen LogP contribution in [0.1, 0.15) is 44.6 Å². The summed E-state index contributed by atoms with van der Waals surface area (Å²) >= 11 is 1.22. The van der Waals surface area contributed by atoms with E-state index in [9.17, 15) is 9.59 Å². The summed E-state index contributed by atoms with van der Waals surface area (Å²) in [6, 6.07) is 0. The van der Waals surface area contributed by atoms with Crippen LogP contribution in [0.3, 0.4) is 0 Å². The topological polar surface area (TPSA) is 81.3 Å². The first kappa shape index (κ1) is 17.6. The van der Waals surface area contributed by atoms with Gasteiger partial charge in [0.05, 0.1) is 19.4 Å². The molecule has 0 radical (unpaired) electrons. The van der Waals surface area contributed by atoms with Crippen LogP contribution in [0.25, 0.3) is 0 Å². The van der Waals surface area contributed by atoms with Crippen molar-refractivity contribution in [2.75, 3.05) is 13.2 Å². The molecule has 0 saturated heterocycles. The van der Waals surface area contributed by atoms with Crippen LogP contribution in [0.2, 0.25) is 0 Å². The third-order valence-electron chi connectivity index (χ3n) is 2.61. The zero-order chi connectivity index (χ0) is 15.8. The van der Waals surface area contributed by atoms with Crippen LogP contribution >= 0.6 is 11.8 Å². The lowest BCUT2D eigenvalue weighted by atomic mass is 10.1. The minimum absolute atomic E-state index is 0.278. The van der Waals surface area contributed by atoms with Gasteiger partial charge in [0, 0.05) is 0 Å². The zero-order valence-corrected chi connectivity index (χ0v) is 13.7. The highest BCUT2D eigenvalue weighted by Gasteiger charge is 2.19. The van der Waals surface area contributed by atoms with Gasteiger partial charge in [-0.1, -0.05) is 25.6 Å². The fourth-order valence-electron chi connectivity index (χ4n) is 1.40. The number of aromatic nitrogens is 2. The van der Waals surface area contributed by atoms with Crippen molar-refractivity contribution in [3.05, 3.63) is 11.9 Å². The predicted molar refractivity (Wildman–Crippen MR) is 80.3 cm³/mol. The van der Waals surface area contributed by atoms with Gasteiger partial charge in [-0.25, -0.2) is 9.78 Å². The molecule has 6 nitrogen and oxygen atoms in total. The highest BCUT2D eigenvalue weighted by Crippen LogP contribution is 2.21. The lowest BCUT2D eigenvalue weighted by Gasteiger charge is -2.10. The number of esters is 2. The van der Waals surface area contributed by atoms with Crippen molar-refractivity contribution < 1.29 is 19.1 Å². The number of imidazole rings is 1. The van der Waals surface area contributed by atoms with Gasteiger partial charge in [0.1, 0.15) is 10.9 Å². The summed E-state index contributed by atoms with van der Waals surface area (Å²) in [6.07, 6.45) is 2.24. The van der Waals surface area contributed by atoms with Gasteiger partial charge in [-0.2, -0.15) is 0 Å². The number of hydrogen-bond donors (Lipinski definition) is 1. The maximum atomic E-state index is 11.8. The number of nitrogens with one attached hydrogen (secondary N) is 1. The van der Waals surface area contributed by atoms with E-state index in [1.54, 1.807) is 13.8 Å². The van der Waals surface area contributed by atoms with Crippen molar-refractivity contribution in [3.8, 4) is 0 Å². The van der Waals surface area contributed by atoms with Gasteiger partial charge in [0.15, 0.2) is 5.16 Å². The first-order valence-electron chi connectivity index (χ1n) is 6.99. The molecule has 0 bridgehead atoms. The molecule has 1 N–H and O–H groups in total. The summed E-state index contributed by atoms with van der Waals surface area (Å²) in [5.74, 6) is -0.239. The van der Waals surface area contributed by atoms with Crippen LogP contribution in [0, 0.1) is 5.92 Å². The Balaban J connectivity index is 2.45. The molecule has 0 aliphatic rings. The van der Waals surface area contributed by atoms with Gasteiger partial charge in [0.2, 0.25) is 0 Å². The molecule has 0 spiro atoms. The molecular formula is C14H22N2O4S. The average Bonchev–Trinajstić information content (AvgIpc) is 2.87. The van der Waals surface area contributed by atoms with Gasteiger partial charge in [-0.3, -0.25) is 4.79 Å². The van der Waals surface area contributed by atoms with Gasteiger partial charge in [-0.15, -0.1) is 0 Å². The van der Waals surface area contributed by atoms with E-state index in [0.29, 0.717) is 24.3 Å². The summed E-state index contributed by atoms with van der Waals surface area (Å²) in [5, 5.41) is 0.102. The van der Waals surface area contributed by atoms with Gasteiger partial charge in [0.25, 0.3) is 0 Å². The molecule has 0 aliphatic carbocycles. The predicted octanol–water partition coefficient (Wildman–Crippen LogP) is 2.66. The summed E-state index contributed by atoms with van der Waals surface area (Å²) in [5.41, 5.74) is 0.278. The van der Waals surface area contributed by atoms with Gasteiger partial charge in [-0.05, 0) is 26.2 Å². The molecule has 21 heavy (non-hydrogen) atoms. The first-order valence-corrected chi connectivity index (χ1v) is 7.87. The molecule has 0 aromatic carbocycles. The largest absolute Gasteiger partial charge is 0.465 e. The van der Waals surface area contributed by atoms with Crippen LogP contribution in [0.15, 0.2) is 11.4 Å². The van der Waals surface area contributed by atoms with Crippen LogP contribution in [-0.4, -0.2) is 40.4 Å². The summed E-state index contributed by atoms with van der Waals surface area (Å²) in [6.45, 7) is 8.36. The fraction of sp³-hybridized carbons (Fsp3) is 0.643. The van der Waals surface area contributed by atoms with E-state index < -0.39 is 11.2 Å². The normalized spacial score (nSPS) is 12.2. The van der Waals surface area contributed by atoms with E-state index in [4.69, 9.17) is 9.47 Å². The first-order chi connectivity index (χ1) is 9.93. The Morgan fingerprint density at radius 2 is 2.05 bits per heavy atom. The maximum Gasteiger partial charge on any atom is 0.356 e. The quantitative estimate of drug-likeness (QED) is 0.587. The number of H-pyrrole nitrogens is 1. The summed E-state index contributed by atoms with van der Waals surface area (Å²) in [4.78, 5) is 30.2. The van der Waals surface area contributed by atoms with E-state index in [2.05, 4.69) is 23.8 Å². The van der Waals surface area contributed by atoms with Crippen molar-refractivity contribution >= 4 is 23.7 Å².